The van der Waals surface area contributed by atoms with Gasteiger partial charge in [-0.2, -0.15) is 5.10 Å². The molecule has 1 aliphatic heterocycles. The quantitative estimate of drug-likeness (QED) is 0.931. The zero-order valence-electron chi connectivity index (χ0n) is 10.7. The van der Waals surface area contributed by atoms with Crippen molar-refractivity contribution in [3.8, 4) is 0 Å². The van der Waals surface area contributed by atoms with E-state index in [9.17, 15) is 4.79 Å². The number of aromatic nitrogens is 2. The zero-order valence-corrected chi connectivity index (χ0v) is 11.5. The molecule has 1 amide bonds. The number of rotatable bonds is 3. The number of nitrogens with one attached hydrogen (secondary N) is 1. The lowest BCUT2D eigenvalue weighted by atomic mass is 10.1. The number of hydrogen-bond donors (Lipinski definition) is 1. The van der Waals surface area contributed by atoms with E-state index in [4.69, 9.17) is 0 Å². The highest BCUT2D eigenvalue weighted by Crippen LogP contribution is 2.37. The van der Waals surface area contributed by atoms with Crippen LogP contribution in [0.15, 0.2) is 41.6 Å². The van der Waals surface area contributed by atoms with Crippen molar-refractivity contribution in [2.24, 2.45) is 0 Å². The van der Waals surface area contributed by atoms with E-state index < -0.39 is 0 Å². The van der Waals surface area contributed by atoms with Gasteiger partial charge in [-0.3, -0.25) is 9.89 Å². The van der Waals surface area contributed by atoms with E-state index in [1.165, 1.54) is 10.5 Å². The molecule has 0 saturated heterocycles. The fourth-order valence-electron chi connectivity index (χ4n) is 2.28. The number of amides is 1. The normalized spacial score (nSPS) is 17.2. The van der Waals surface area contributed by atoms with Crippen LogP contribution in [0.4, 0.5) is 0 Å². The molecule has 1 aromatic carbocycles. The van der Waals surface area contributed by atoms with Gasteiger partial charge in [0.25, 0.3) is 0 Å². The van der Waals surface area contributed by atoms with Gasteiger partial charge in [0.1, 0.15) is 0 Å². The first-order chi connectivity index (χ1) is 9.24. The molecule has 2 aromatic rings. The molecule has 1 aromatic heterocycles. The van der Waals surface area contributed by atoms with Crippen molar-refractivity contribution < 1.29 is 4.79 Å². The first-order valence-corrected chi connectivity index (χ1v) is 7.09. The van der Waals surface area contributed by atoms with Gasteiger partial charge in [0.05, 0.1) is 11.4 Å². The van der Waals surface area contributed by atoms with Crippen LogP contribution >= 0.6 is 11.8 Å². The SMILES string of the molecule is CN(Cc1cn[nH]c1)C(=O)C1Cc2ccccc2S1. The van der Waals surface area contributed by atoms with Gasteiger partial charge in [0.2, 0.25) is 5.91 Å². The average Bonchev–Trinajstić information content (AvgIpc) is 3.05. The molecule has 98 valence electrons. The van der Waals surface area contributed by atoms with Crippen molar-refractivity contribution in [3.63, 3.8) is 0 Å². The van der Waals surface area contributed by atoms with Gasteiger partial charge in [-0.05, 0) is 18.1 Å². The van der Waals surface area contributed by atoms with Crippen molar-refractivity contribution >= 4 is 17.7 Å². The largest absolute Gasteiger partial charge is 0.340 e. The Bertz CT molecular complexity index is 557. The van der Waals surface area contributed by atoms with Crippen molar-refractivity contribution in [2.45, 2.75) is 23.1 Å². The summed E-state index contributed by atoms with van der Waals surface area (Å²) >= 11 is 1.67. The first-order valence-electron chi connectivity index (χ1n) is 6.21. The second-order valence-electron chi connectivity index (χ2n) is 4.72. The Morgan fingerprint density at radius 2 is 2.37 bits per heavy atom. The number of carbonyl (C=O) groups is 1. The molecule has 0 bridgehead atoms. The molecule has 0 spiro atoms. The molecule has 0 aliphatic carbocycles. The highest BCUT2D eigenvalue weighted by molar-refractivity contribution is 8.01. The van der Waals surface area contributed by atoms with Crippen molar-refractivity contribution in [1.29, 1.82) is 0 Å². The molecular formula is C14H15N3OS. The predicted octanol–water partition coefficient (Wildman–Crippen LogP) is 2.09. The van der Waals surface area contributed by atoms with Crippen molar-refractivity contribution in [3.05, 3.63) is 47.8 Å². The summed E-state index contributed by atoms with van der Waals surface area (Å²) in [5, 5.41) is 6.67. The number of carbonyl (C=O) groups excluding carboxylic acids is 1. The fraction of sp³-hybridized carbons (Fsp3) is 0.286. The summed E-state index contributed by atoms with van der Waals surface area (Å²) < 4.78 is 0. The van der Waals surface area contributed by atoms with Crippen LogP contribution in [0.5, 0.6) is 0 Å². The van der Waals surface area contributed by atoms with Gasteiger partial charge < -0.3 is 4.90 Å². The molecular weight excluding hydrogens is 258 g/mol. The molecule has 5 heteroatoms. The highest BCUT2D eigenvalue weighted by Gasteiger charge is 2.30. The Labute approximate surface area is 116 Å². The minimum atomic E-state index is 0.00861. The van der Waals surface area contributed by atoms with Crippen LogP contribution < -0.4 is 0 Å². The first kappa shape index (κ1) is 12.3. The maximum absolute atomic E-state index is 12.4. The summed E-state index contributed by atoms with van der Waals surface area (Å²) in [5.74, 6) is 0.183. The van der Waals surface area contributed by atoms with Gasteiger partial charge in [-0.25, -0.2) is 0 Å². The monoisotopic (exact) mass is 273 g/mol. The van der Waals surface area contributed by atoms with Crippen molar-refractivity contribution in [2.75, 3.05) is 7.05 Å². The van der Waals surface area contributed by atoms with Crippen LogP contribution in [0, 0.1) is 0 Å². The molecule has 1 atom stereocenters. The van der Waals surface area contributed by atoms with E-state index in [1.54, 1.807) is 22.9 Å². The van der Waals surface area contributed by atoms with Crippen LogP contribution in [-0.4, -0.2) is 33.3 Å². The maximum Gasteiger partial charge on any atom is 0.236 e. The number of nitrogens with zero attached hydrogens (tertiary/aromatic N) is 2. The van der Waals surface area contributed by atoms with E-state index in [1.807, 2.05) is 25.4 Å². The predicted molar refractivity (Wildman–Crippen MR) is 74.9 cm³/mol. The molecule has 19 heavy (non-hydrogen) atoms. The number of thioether (sulfide) groups is 1. The topological polar surface area (TPSA) is 49.0 Å². The Morgan fingerprint density at radius 1 is 1.53 bits per heavy atom. The summed E-state index contributed by atoms with van der Waals surface area (Å²) in [6, 6.07) is 8.24. The Morgan fingerprint density at radius 3 is 3.11 bits per heavy atom. The lowest BCUT2D eigenvalue weighted by Crippen LogP contribution is -2.34. The van der Waals surface area contributed by atoms with Gasteiger partial charge in [0, 0.05) is 30.2 Å². The number of hydrogen-bond acceptors (Lipinski definition) is 3. The van der Waals surface area contributed by atoms with Crippen LogP contribution in [-0.2, 0) is 17.8 Å². The van der Waals surface area contributed by atoms with Gasteiger partial charge in [0.15, 0.2) is 0 Å². The van der Waals surface area contributed by atoms with Crippen LogP contribution in [0.3, 0.4) is 0 Å². The van der Waals surface area contributed by atoms with Gasteiger partial charge in [-0.15, -0.1) is 11.8 Å². The standard InChI is InChI=1S/C14H15N3OS/c1-17(9-10-7-15-16-8-10)14(18)13-6-11-4-2-3-5-12(11)19-13/h2-5,7-8,13H,6,9H2,1H3,(H,15,16). The summed E-state index contributed by atoms with van der Waals surface area (Å²) in [6.07, 6.45) is 4.40. The maximum atomic E-state index is 12.4. The molecule has 1 unspecified atom stereocenters. The summed E-state index contributed by atoms with van der Waals surface area (Å²) in [5.41, 5.74) is 2.30. The summed E-state index contributed by atoms with van der Waals surface area (Å²) in [6.45, 7) is 0.600. The molecule has 1 N–H and O–H groups in total. The molecule has 2 heterocycles. The minimum absolute atomic E-state index is 0.00861. The number of benzene rings is 1. The van der Waals surface area contributed by atoms with E-state index in [0.717, 1.165) is 12.0 Å². The second kappa shape index (κ2) is 5.09. The molecule has 0 saturated carbocycles. The molecule has 1 aliphatic rings. The lowest BCUT2D eigenvalue weighted by Gasteiger charge is -2.19. The summed E-state index contributed by atoms with van der Waals surface area (Å²) in [7, 11) is 1.85. The van der Waals surface area contributed by atoms with Crippen LogP contribution in [0.1, 0.15) is 11.1 Å². The summed E-state index contributed by atoms with van der Waals surface area (Å²) in [4.78, 5) is 15.4. The number of aromatic amines is 1. The highest BCUT2D eigenvalue weighted by atomic mass is 32.2. The van der Waals surface area contributed by atoms with Crippen LogP contribution in [0.2, 0.25) is 0 Å². The van der Waals surface area contributed by atoms with Crippen molar-refractivity contribution in [1.82, 2.24) is 15.1 Å². The van der Waals surface area contributed by atoms with E-state index in [0.29, 0.717) is 6.54 Å². The smallest absolute Gasteiger partial charge is 0.236 e. The number of fused-ring (bicyclic) bond motifs is 1. The molecule has 0 fully saturated rings. The average molecular weight is 273 g/mol. The van der Waals surface area contributed by atoms with E-state index in [-0.39, 0.29) is 11.2 Å². The molecule has 3 rings (SSSR count). The van der Waals surface area contributed by atoms with Gasteiger partial charge >= 0.3 is 0 Å². The minimum Gasteiger partial charge on any atom is -0.340 e. The lowest BCUT2D eigenvalue weighted by molar-refractivity contribution is -0.129. The Kier molecular flexibility index (Phi) is 3.29. The molecule has 0 radical (unpaired) electrons. The zero-order chi connectivity index (χ0) is 13.2. The van der Waals surface area contributed by atoms with Gasteiger partial charge in [-0.1, -0.05) is 18.2 Å². The molecule has 4 nitrogen and oxygen atoms in total. The third kappa shape index (κ3) is 2.51. The second-order valence-corrected chi connectivity index (χ2v) is 5.96. The van der Waals surface area contributed by atoms with Crippen LogP contribution in [0.25, 0.3) is 0 Å². The van der Waals surface area contributed by atoms with E-state index >= 15 is 0 Å². The third-order valence-electron chi connectivity index (χ3n) is 3.27. The Balaban J connectivity index is 1.66. The number of H-pyrrole nitrogens is 1. The third-order valence-corrected chi connectivity index (χ3v) is 4.58. The Hall–Kier alpha value is -1.75. The fourth-order valence-corrected chi connectivity index (χ4v) is 3.59. The van der Waals surface area contributed by atoms with E-state index in [2.05, 4.69) is 22.3 Å².